The number of rotatable bonds is 8. The molecule has 4 fully saturated rings. The van der Waals surface area contributed by atoms with Gasteiger partial charge in [0.2, 0.25) is 5.95 Å². The Balaban J connectivity index is 1.15. The molecule has 0 unspecified atom stereocenters. The number of carbonyl (C=O) groups excluding carboxylic acids is 1. The molecule has 1 aliphatic heterocycles. The smallest absolute Gasteiger partial charge is 0.408 e. The first kappa shape index (κ1) is 22.7. The predicted octanol–water partition coefficient (Wildman–Crippen LogP) is 2.05. The summed E-state index contributed by atoms with van der Waals surface area (Å²) in [7, 11) is 0. The Kier molecular flexibility index (Phi) is 5.50. The van der Waals surface area contributed by atoms with E-state index in [-0.39, 0.29) is 18.8 Å². The lowest BCUT2D eigenvalue weighted by Gasteiger charge is -2.61. The molecule has 3 atom stereocenters. The fourth-order valence-electron chi connectivity index (χ4n) is 5.27. The molecule has 188 valence electrons. The van der Waals surface area contributed by atoms with Gasteiger partial charge in [0.1, 0.15) is 17.7 Å². The van der Waals surface area contributed by atoms with Crippen molar-refractivity contribution in [3.63, 3.8) is 0 Å². The number of ether oxygens (including phenoxy) is 2. The minimum atomic E-state index is -1.56. The van der Waals surface area contributed by atoms with Crippen LogP contribution in [-0.2, 0) is 15.9 Å². The molecule has 13 heteroatoms. The van der Waals surface area contributed by atoms with Gasteiger partial charge in [-0.25, -0.2) is 19.2 Å². The zero-order valence-corrected chi connectivity index (χ0v) is 19.3. The van der Waals surface area contributed by atoms with Crippen molar-refractivity contribution in [3.05, 3.63) is 35.4 Å². The zero-order valence-electron chi connectivity index (χ0n) is 19.3. The van der Waals surface area contributed by atoms with Gasteiger partial charge in [-0.05, 0) is 38.0 Å². The number of amides is 1. The highest BCUT2D eigenvalue weighted by Crippen LogP contribution is 2.57. The van der Waals surface area contributed by atoms with E-state index in [9.17, 15) is 15.2 Å². The van der Waals surface area contributed by atoms with Gasteiger partial charge in [-0.3, -0.25) is 9.50 Å². The van der Waals surface area contributed by atoms with E-state index in [0.717, 1.165) is 19.3 Å². The molecule has 1 saturated heterocycles. The standard InChI is InChI=1S/C23H25FN8O4/c24-18-16(36-22(34)29-23-7-12(8-23)9-23)11-35-19(18)15-6-17(31-30-15)28-21-27-14(2-1-5-33)13(10-25)20-26-3-4-32(20)21/h3-4,6,12,16,18-19,33H,1-2,5,7-9,11H2,(H,29,34)(H2,27,28,30,31)/t12?,16-,18-,19-,23?/m1/s1. The van der Waals surface area contributed by atoms with E-state index in [1.165, 1.54) is 0 Å². The molecular formula is C23H25FN8O4. The Labute approximate surface area is 204 Å². The maximum atomic E-state index is 15.1. The number of aliphatic hydroxyl groups excluding tert-OH is 1. The van der Waals surface area contributed by atoms with Crippen molar-refractivity contribution in [3.8, 4) is 6.07 Å². The van der Waals surface area contributed by atoms with Crippen LogP contribution in [0.15, 0.2) is 18.5 Å². The molecule has 1 amide bonds. The number of halogens is 1. The predicted molar refractivity (Wildman–Crippen MR) is 122 cm³/mol. The van der Waals surface area contributed by atoms with Crippen LogP contribution in [0.1, 0.15) is 48.7 Å². The van der Waals surface area contributed by atoms with E-state index in [0.29, 0.717) is 53.1 Å². The molecule has 0 spiro atoms. The molecule has 4 heterocycles. The van der Waals surface area contributed by atoms with E-state index in [2.05, 4.69) is 36.9 Å². The number of hydrogen-bond donors (Lipinski definition) is 4. The summed E-state index contributed by atoms with van der Waals surface area (Å²) < 4.78 is 27.6. The zero-order chi connectivity index (χ0) is 24.9. The Morgan fingerprint density at radius 1 is 1.44 bits per heavy atom. The molecule has 4 aliphatic rings. The number of carbonyl (C=O) groups is 1. The molecule has 3 aliphatic carbocycles. The van der Waals surface area contributed by atoms with Crippen molar-refractivity contribution >= 4 is 23.5 Å². The van der Waals surface area contributed by atoms with Gasteiger partial charge in [-0.15, -0.1) is 0 Å². The molecule has 3 aromatic heterocycles. The van der Waals surface area contributed by atoms with E-state index in [1.807, 2.05) is 0 Å². The first-order valence-corrected chi connectivity index (χ1v) is 11.9. The molecule has 4 N–H and O–H groups in total. The number of fused-ring (bicyclic) bond motifs is 1. The lowest BCUT2D eigenvalue weighted by atomic mass is 9.50. The van der Waals surface area contributed by atoms with Gasteiger partial charge < -0.3 is 25.2 Å². The number of anilines is 2. The molecular weight excluding hydrogens is 471 g/mol. The average Bonchev–Trinajstić information content (AvgIpc) is 3.55. The number of nitrogens with one attached hydrogen (secondary N) is 3. The maximum absolute atomic E-state index is 15.1. The number of nitriles is 1. The monoisotopic (exact) mass is 496 g/mol. The van der Waals surface area contributed by atoms with Crippen LogP contribution in [0.5, 0.6) is 0 Å². The van der Waals surface area contributed by atoms with Crippen LogP contribution in [0, 0.1) is 17.2 Å². The summed E-state index contributed by atoms with van der Waals surface area (Å²) in [5, 5.41) is 31.7. The third-order valence-electron chi connectivity index (χ3n) is 7.20. The molecule has 2 bridgehead atoms. The van der Waals surface area contributed by atoms with Crippen LogP contribution in [0.4, 0.5) is 21.0 Å². The van der Waals surface area contributed by atoms with E-state index in [1.54, 1.807) is 22.9 Å². The quantitative estimate of drug-likeness (QED) is 0.365. The summed E-state index contributed by atoms with van der Waals surface area (Å²) in [4.78, 5) is 21.0. The first-order chi connectivity index (χ1) is 17.5. The molecule has 0 aromatic carbocycles. The number of aliphatic hydroxyl groups is 1. The van der Waals surface area contributed by atoms with Gasteiger partial charge in [0, 0.05) is 30.6 Å². The Morgan fingerprint density at radius 3 is 3.00 bits per heavy atom. The number of aromatic amines is 1. The van der Waals surface area contributed by atoms with Gasteiger partial charge in [0.25, 0.3) is 0 Å². The summed E-state index contributed by atoms with van der Waals surface area (Å²) in [5.74, 6) is 1.42. The highest BCUT2D eigenvalue weighted by Gasteiger charge is 2.58. The lowest BCUT2D eigenvalue weighted by molar-refractivity contribution is -0.0528. The molecule has 36 heavy (non-hydrogen) atoms. The van der Waals surface area contributed by atoms with Crippen molar-refractivity contribution < 1.29 is 23.8 Å². The normalized spacial score (nSPS) is 28.2. The molecule has 0 radical (unpaired) electrons. The number of nitrogens with zero attached hydrogens (tertiary/aromatic N) is 5. The highest BCUT2D eigenvalue weighted by atomic mass is 19.1. The van der Waals surface area contributed by atoms with Gasteiger partial charge in [0.05, 0.1) is 18.0 Å². The summed E-state index contributed by atoms with van der Waals surface area (Å²) in [5.41, 5.74) is 1.51. The van der Waals surface area contributed by atoms with Gasteiger partial charge >= 0.3 is 6.09 Å². The molecule has 3 saturated carbocycles. The number of alkyl halides is 1. The van der Waals surface area contributed by atoms with Crippen molar-refractivity contribution in [1.82, 2.24) is 29.9 Å². The summed E-state index contributed by atoms with van der Waals surface area (Å²) in [6.45, 7) is -0.0884. The van der Waals surface area contributed by atoms with Crippen LogP contribution >= 0.6 is 0 Å². The summed E-state index contributed by atoms with van der Waals surface area (Å²) in [6.07, 6.45) is 2.83. The van der Waals surface area contributed by atoms with Crippen molar-refractivity contribution in [2.75, 3.05) is 18.5 Å². The van der Waals surface area contributed by atoms with Crippen molar-refractivity contribution in [1.29, 1.82) is 5.26 Å². The third kappa shape index (κ3) is 3.82. The minimum absolute atomic E-state index is 0.0306. The van der Waals surface area contributed by atoms with Gasteiger partial charge in [-0.1, -0.05) is 0 Å². The van der Waals surface area contributed by atoms with Crippen molar-refractivity contribution in [2.45, 2.75) is 56.0 Å². The van der Waals surface area contributed by atoms with Crippen LogP contribution < -0.4 is 10.6 Å². The summed E-state index contributed by atoms with van der Waals surface area (Å²) >= 11 is 0. The van der Waals surface area contributed by atoms with Crippen LogP contribution in [0.25, 0.3) is 5.65 Å². The topological polar surface area (TPSA) is 162 Å². The number of imidazole rings is 1. The van der Waals surface area contributed by atoms with Crippen LogP contribution in [0.2, 0.25) is 0 Å². The van der Waals surface area contributed by atoms with Crippen LogP contribution in [0.3, 0.4) is 0 Å². The fraction of sp³-hybridized carbons (Fsp3) is 0.522. The number of alkyl carbamates (subject to hydrolysis) is 1. The second-order valence-corrected chi connectivity index (χ2v) is 9.68. The Hall–Kier alpha value is -3.76. The van der Waals surface area contributed by atoms with Gasteiger partial charge in [0.15, 0.2) is 23.7 Å². The molecule has 12 nitrogen and oxygen atoms in total. The van der Waals surface area contributed by atoms with E-state index < -0.39 is 24.5 Å². The second kappa shape index (κ2) is 8.72. The Morgan fingerprint density at radius 2 is 2.28 bits per heavy atom. The molecule has 3 aromatic rings. The fourth-order valence-corrected chi connectivity index (χ4v) is 5.27. The second-order valence-electron chi connectivity index (χ2n) is 9.68. The highest BCUT2D eigenvalue weighted by molar-refractivity contribution is 5.69. The largest absolute Gasteiger partial charge is 0.441 e. The first-order valence-electron chi connectivity index (χ1n) is 11.9. The number of aromatic nitrogens is 5. The Bertz CT molecular complexity index is 1330. The third-order valence-corrected chi connectivity index (χ3v) is 7.20. The van der Waals surface area contributed by atoms with Crippen molar-refractivity contribution in [2.24, 2.45) is 5.92 Å². The lowest BCUT2D eigenvalue weighted by Crippen LogP contribution is -2.68. The SMILES string of the molecule is N#Cc1c(CCCO)nc(Nc2cc([C@H]3OC[C@@H](OC(=O)NC45CC(C4)C5)[C@H]3F)[nH]n2)n2ccnc12. The van der Waals surface area contributed by atoms with E-state index in [4.69, 9.17) is 9.47 Å². The minimum Gasteiger partial charge on any atom is -0.441 e. The summed E-state index contributed by atoms with van der Waals surface area (Å²) in [6, 6.07) is 3.73. The number of aryl methyl sites for hydroxylation is 1. The number of H-pyrrole nitrogens is 1. The van der Waals surface area contributed by atoms with E-state index >= 15 is 4.39 Å². The van der Waals surface area contributed by atoms with Crippen LogP contribution in [-0.4, -0.2) is 66.8 Å². The average molecular weight is 497 g/mol. The molecule has 7 rings (SSSR count). The van der Waals surface area contributed by atoms with Gasteiger partial charge in [-0.2, -0.15) is 10.4 Å². The maximum Gasteiger partial charge on any atom is 0.408 e. The number of hydrogen-bond acceptors (Lipinski definition) is 9.